The molecule has 0 radical (unpaired) electrons. The molecule has 0 aliphatic heterocycles. The molecule has 0 rings (SSSR count). The summed E-state index contributed by atoms with van der Waals surface area (Å²) in [4.78, 5) is 22.1. The smallest absolute Gasteiger partial charge is 0.327 e. The van der Waals surface area contributed by atoms with Crippen LogP contribution >= 0.6 is 0 Å². The third kappa shape index (κ3) is 3.97. The summed E-state index contributed by atoms with van der Waals surface area (Å²) in [7, 11) is 0. The van der Waals surface area contributed by atoms with E-state index in [0.717, 1.165) is 0 Å². The maximum Gasteiger partial charge on any atom is 0.327 e. The molecule has 0 heterocycles. The van der Waals surface area contributed by atoms with Gasteiger partial charge in [-0.2, -0.15) is 0 Å². The fourth-order valence-electron chi connectivity index (χ4n) is 0.627. The molecular formula is C11H16O4. The Kier molecular flexibility index (Phi) is 4.78. The third-order valence-electron chi connectivity index (χ3n) is 1.82. The number of rotatable bonds is 4. The second-order valence-corrected chi connectivity index (χ2v) is 3.62. The van der Waals surface area contributed by atoms with Crippen molar-refractivity contribution in [3.63, 3.8) is 0 Å². The number of carboxylic acids is 1. The summed E-state index contributed by atoms with van der Waals surface area (Å²) in [6, 6.07) is 0. The van der Waals surface area contributed by atoms with Crippen molar-refractivity contribution in [2.24, 2.45) is 5.41 Å². The minimum absolute atomic E-state index is 0.368. The van der Waals surface area contributed by atoms with Crippen LogP contribution in [0.2, 0.25) is 0 Å². The molecule has 15 heavy (non-hydrogen) atoms. The molecule has 0 aromatic heterocycles. The third-order valence-corrected chi connectivity index (χ3v) is 1.82. The Hall–Kier alpha value is -1.58. The predicted molar refractivity (Wildman–Crippen MR) is 56.1 cm³/mol. The maximum absolute atomic E-state index is 11.4. The minimum atomic E-state index is -1.52. The molecule has 0 fully saturated rings. The van der Waals surface area contributed by atoms with Crippen LogP contribution in [0.3, 0.4) is 0 Å². The molecule has 0 unspecified atom stereocenters. The van der Waals surface area contributed by atoms with Crippen LogP contribution in [0, 0.1) is 5.41 Å². The zero-order chi connectivity index (χ0) is 12.1. The van der Waals surface area contributed by atoms with Gasteiger partial charge in [-0.25, -0.2) is 0 Å². The Balaban J connectivity index is 4.57. The Labute approximate surface area is 89.2 Å². The second-order valence-electron chi connectivity index (χ2n) is 3.62. The lowest BCUT2D eigenvalue weighted by atomic mass is 9.94. The molecule has 0 bridgehead atoms. The van der Waals surface area contributed by atoms with Gasteiger partial charge in [-0.15, -0.1) is 0 Å². The highest BCUT2D eigenvalue weighted by Gasteiger charge is 2.38. The van der Waals surface area contributed by atoms with Crippen LogP contribution in [0.15, 0.2) is 24.0 Å². The average molecular weight is 212 g/mol. The van der Waals surface area contributed by atoms with Gasteiger partial charge in [-0.1, -0.05) is 12.2 Å². The van der Waals surface area contributed by atoms with Crippen LogP contribution in [0.1, 0.15) is 27.7 Å². The van der Waals surface area contributed by atoms with Gasteiger partial charge < -0.3 is 9.84 Å². The quantitative estimate of drug-likeness (QED) is 0.335. The summed E-state index contributed by atoms with van der Waals surface area (Å²) in [6.45, 7) is 6.03. The highest BCUT2D eigenvalue weighted by molar-refractivity contribution is 5.98. The molecule has 0 saturated carbocycles. The molecule has 0 aliphatic rings. The first-order valence-electron chi connectivity index (χ1n) is 4.57. The minimum Gasteiger partial charge on any atom is -0.480 e. The number of carbonyl (C=O) groups is 2. The number of aliphatic carboxylic acids is 1. The first-order valence-corrected chi connectivity index (χ1v) is 4.57. The summed E-state index contributed by atoms with van der Waals surface area (Å²) in [5, 5.41) is 8.77. The summed E-state index contributed by atoms with van der Waals surface area (Å²) in [5.41, 5.74) is -1.52. The summed E-state index contributed by atoms with van der Waals surface area (Å²) >= 11 is 0. The van der Waals surface area contributed by atoms with E-state index in [4.69, 9.17) is 9.84 Å². The molecule has 0 aromatic rings. The summed E-state index contributed by atoms with van der Waals surface area (Å²) in [6.07, 6.45) is 5.08. The van der Waals surface area contributed by atoms with E-state index in [0.29, 0.717) is 5.76 Å². The standard InChI is InChI=1S/C11H16O4/c1-5-6-7-8(2)15-10(14)11(3,4)9(12)13/h5-7H,1-4H3,(H,12,13). The predicted octanol–water partition coefficient (Wildman–Crippen LogP) is 2.12. The Morgan fingerprint density at radius 2 is 1.87 bits per heavy atom. The number of hydrogen-bond acceptors (Lipinski definition) is 3. The van der Waals surface area contributed by atoms with E-state index in [-0.39, 0.29) is 0 Å². The molecule has 0 atom stereocenters. The fraction of sp³-hybridized carbons (Fsp3) is 0.455. The van der Waals surface area contributed by atoms with Crippen LogP contribution in [-0.4, -0.2) is 17.0 Å². The van der Waals surface area contributed by atoms with Crippen molar-refractivity contribution in [1.29, 1.82) is 0 Å². The number of carbonyl (C=O) groups excluding carboxylic acids is 1. The van der Waals surface area contributed by atoms with Crippen molar-refractivity contribution in [3.05, 3.63) is 24.0 Å². The topological polar surface area (TPSA) is 63.6 Å². The highest BCUT2D eigenvalue weighted by atomic mass is 16.5. The van der Waals surface area contributed by atoms with Crippen molar-refractivity contribution in [1.82, 2.24) is 0 Å². The van der Waals surface area contributed by atoms with E-state index >= 15 is 0 Å². The van der Waals surface area contributed by atoms with Gasteiger partial charge in [0, 0.05) is 0 Å². The van der Waals surface area contributed by atoms with Crippen molar-refractivity contribution < 1.29 is 19.4 Å². The second kappa shape index (κ2) is 5.34. The zero-order valence-electron chi connectivity index (χ0n) is 9.40. The number of esters is 1. The molecule has 0 aromatic carbocycles. The van der Waals surface area contributed by atoms with Gasteiger partial charge >= 0.3 is 11.9 Å². The fourth-order valence-corrected chi connectivity index (χ4v) is 0.627. The van der Waals surface area contributed by atoms with Crippen LogP contribution in [-0.2, 0) is 14.3 Å². The summed E-state index contributed by atoms with van der Waals surface area (Å²) < 4.78 is 4.87. The molecule has 0 amide bonds. The van der Waals surface area contributed by atoms with Crippen LogP contribution in [0.4, 0.5) is 0 Å². The Morgan fingerprint density at radius 3 is 2.27 bits per heavy atom. The molecule has 4 heteroatoms. The van der Waals surface area contributed by atoms with Gasteiger partial charge in [0.15, 0.2) is 5.41 Å². The van der Waals surface area contributed by atoms with Gasteiger partial charge in [0.25, 0.3) is 0 Å². The van der Waals surface area contributed by atoms with Gasteiger partial charge in [-0.3, -0.25) is 9.59 Å². The van der Waals surface area contributed by atoms with E-state index < -0.39 is 17.4 Å². The highest BCUT2D eigenvalue weighted by Crippen LogP contribution is 2.19. The van der Waals surface area contributed by atoms with E-state index in [1.807, 2.05) is 6.92 Å². The maximum atomic E-state index is 11.4. The van der Waals surface area contributed by atoms with Gasteiger partial charge in [0.05, 0.1) is 0 Å². The van der Waals surface area contributed by atoms with Crippen LogP contribution in [0.5, 0.6) is 0 Å². The van der Waals surface area contributed by atoms with Gasteiger partial charge in [-0.05, 0) is 33.8 Å². The number of hydrogen-bond donors (Lipinski definition) is 1. The van der Waals surface area contributed by atoms with Crippen molar-refractivity contribution in [3.8, 4) is 0 Å². The van der Waals surface area contributed by atoms with E-state index in [1.165, 1.54) is 13.8 Å². The van der Waals surface area contributed by atoms with Gasteiger partial charge in [0.1, 0.15) is 5.76 Å². The first kappa shape index (κ1) is 13.4. The summed E-state index contributed by atoms with van der Waals surface area (Å²) in [5.74, 6) is -1.60. The molecule has 1 N–H and O–H groups in total. The lowest BCUT2D eigenvalue weighted by Gasteiger charge is -2.16. The average Bonchev–Trinajstić information content (AvgIpc) is 2.14. The zero-order valence-corrected chi connectivity index (χ0v) is 9.40. The lowest BCUT2D eigenvalue weighted by molar-refractivity contribution is -0.163. The van der Waals surface area contributed by atoms with Crippen LogP contribution in [0.25, 0.3) is 0 Å². The number of ether oxygens (including phenoxy) is 1. The first-order chi connectivity index (χ1) is 6.82. The Bertz CT molecular complexity index is 311. The number of carboxylic acid groups (broad SMARTS) is 1. The molecule has 84 valence electrons. The van der Waals surface area contributed by atoms with Crippen molar-refractivity contribution >= 4 is 11.9 Å². The van der Waals surface area contributed by atoms with Gasteiger partial charge in [0.2, 0.25) is 0 Å². The SMILES string of the molecule is CC=CC=C(C)OC(=O)C(C)(C)C(=O)O. The molecule has 0 saturated heterocycles. The molecule has 0 spiro atoms. The van der Waals surface area contributed by atoms with E-state index in [9.17, 15) is 9.59 Å². The van der Waals surface area contributed by atoms with E-state index in [1.54, 1.807) is 25.2 Å². The Morgan fingerprint density at radius 1 is 1.33 bits per heavy atom. The van der Waals surface area contributed by atoms with Crippen molar-refractivity contribution in [2.45, 2.75) is 27.7 Å². The molecule has 4 nitrogen and oxygen atoms in total. The van der Waals surface area contributed by atoms with Crippen molar-refractivity contribution in [2.75, 3.05) is 0 Å². The monoisotopic (exact) mass is 212 g/mol. The normalized spacial score (nSPS) is 12.9. The number of allylic oxidation sites excluding steroid dienone is 4. The molecule has 0 aliphatic carbocycles. The molecular weight excluding hydrogens is 196 g/mol. The lowest BCUT2D eigenvalue weighted by Crippen LogP contribution is -2.34. The van der Waals surface area contributed by atoms with Crippen LogP contribution < -0.4 is 0 Å². The largest absolute Gasteiger partial charge is 0.480 e. The van der Waals surface area contributed by atoms with E-state index in [2.05, 4.69) is 0 Å².